The van der Waals surface area contributed by atoms with Gasteiger partial charge in [-0.2, -0.15) is 0 Å². The molecule has 0 N–H and O–H groups in total. The summed E-state index contributed by atoms with van der Waals surface area (Å²) < 4.78 is 9.59. The summed E-state index contributed by atoms with van der Waals surface area (Å²) in [6.45, 7) is 4.73. The Hall–Kier alpha value is -7.36. The van der Waals surface area contributed by atoms with E-state index in [4.69, 9.17) is 4.42 Å². The molecule has 64 heavy (non-hydrogen) atoms. The van der Waals surface area contributed by atoms with Gasteiger partial charge in [-0.25, -0.2) is 0 Å². The van der Waals surface area contributed by atoms with Crippen molar-refractivity contribution in [1.29, 1.82) is 0 Å². The lowest BCUT2D eigenvalue weighted by Gasteiger charge is -2.30. The molecule has 2 heterocycles. The summed E-state index contributed by atoms with van der Waals surface area (Å²) in [5, 5.41) is 7.34. The van der Waals surface area contributed by atoms with Gasteiger partial charge in [0.05, 0.1) is 22.4 Å². The van der Waals surface area contributed by atoms with Gasteiger partial charge in [0, 0.05) is 43.9 Å². The molecule has 2 aliphatic rings. The van der Waals surface area contributed by atoms with Crippen LogP contribution in [-0.4, -0.2) is 4.57 Å². The second kappa shape index (κ2) is 14.3. The van der Waals surface area contributed by atoms with Gasteiger partial charge in [-0.3, -0.25) is 0 Å². The number of hydrogen-bond acceptors (Lipinski definition) is 2. The van der Waals surface area contributed by atoms with Gasteiger partial charge in [-0.05, 0) is 124 Å². The predicted molar refractivity (Wildman–Crippen MR) is 269 cm³/mol. The minimum Gasteiger partial charge on any atom is -0.454 e. The topological polar surface area (TPSA) is 21.3 Å². The SMILES string of the molecule is CC1(C)c2ccccc2-c2cc(N(c3cc4ccccc4cc3-c3ccc4c5ccccc5n(-c5ccccc5)c4c3)c3ccc(C4CCCCC4)c4c3oc3ccccc34)ccc21. The maximum atomic E-state index is 7.17. The molecule has 13 rings (SSSR count). The molecule has 0 aliphatic heterocycles. The highest BCUT2D eigenvalue weighted by Crippen LogP contribution is 2.54. The van der Waals surface area contributed by atoms with E-state index in [0.717, 1.165) is 45.0 Å². The van der Waals surface area contributed by atoms with E-state index in [1.807, 2.05) is 0 Å². The molecule has 1 saturated carbocycles. The van der Waals surface area contributed by atoms with Crippen LogP contribution < -0.4 is 4.90 Å². The van der Waals surface area contributed by atoms with E-state index in [0.29, 0.717) is 5.92 Å². The first kappa shape index (κ1) is 37.2. The van der Waals surface area contributed by atoms with Gasteiger partial charge in [0.25, 0.3) is 0 Å². The molecule has 11 aromatic rings. The number of hydrogen-bond donors (Lipinski definition) is 0. The van der Waals surface area contributed by atoms with Crippen LogP contribution in [-0.2, 0) is 5.41 Å². The lowest BCUT2D eigenvalue weighted by molar-refractivity contribution is 0.445. The van der Waals surface area contributed by atoms with Crippen molar-refractivity contribution in [2.45, 2.75) is 57.3 Å². The third-order valence-electron chi connectivity index (χ3n) is 14.8. The zero-order valence-electron chi connectivity index (χ0n) is 36.3. The highest BCUT2D eigenvalue weighted by molar-refractivity contribution is 6.14. The number of nitrogens with zero attached hydrogens (tertiary/aromatic N) is 2. The van der Waals surface area contributed by atoms with Gasteiger partial charge in [0.2, 0.25) is 0 Å². The van der Waals surface area contributed by atoms with Crippen LogP contribution in [0.1, 0.15) is 68.6 Å². The van der Waals surface area contributed by atoms with Crippen molar-refractivity contribution in [3.05, 3.63) is 205 Å². The zero-order chi connectivity index (χ0) is 42.5. The van der Waals surface area contributed by atoms with E-state index in [-0.39, 0.29) is 5.41 Å². The fraction of sp³-hybridized carbons (Fsp3) is 0.148. The molecule has 3 nitrogen and oxygen atoms in total. The van der Waals surface area contributed by atoms with E-state index < -0.39 is 0 Å². The number of benzene rings is 9. The van der Waals surface area contributed by atoms with Gasteiger partial charge in [0.15, 0.2) is 5.58 Å². The number of anilines is 3. The minimum absolute atomic E-state index is 0.107. The number of aromatic nitrogens is 1. The molecule has 0 atom stereocenters. The van der Waals surface area contributed by atoms with Crippen molar-refractivity contribution in [1.82, 2.24) is 4.57 Å². The Balaban J connectivity index is 1.12. The molecule has 2 aliphatic carbocycles. The summed E-state index contributed by atoms with van der Waals surface area (Å²) in [4.78, 5) is 2.52. The maximum absolute atomic E-state index is 7.17. The molecule has 2 aromatic heterocycles. The molecule has 3 heteroatoms. The fourth-order valence-electron chi connectivity index (χ4n) is 11.7. The molecule has 0 saturated heterocycles. The monoisotopic (exact) mass is 824 g/mol. The second-order valence-corrected chi connectivity index (χ2v) is 18.7. The Morgan fingerprint density at radius 1 is 0.516 bits per heavy atom. The number of furan rings is 1. The van der Waals surface area contributed by atoms with Gasteiger partial charge in [-0.1, -0.05) is 161 Å². The average molecular weight is 825 g/mol. The van der Waals surface area contributed by atoms with Gasteiger partial charge in [-0.15, -0.1) is 0 Å². The van der Waals surface area contributed by atoms with Crippen LogP contribution in [0.15, 0.2) is 192 Å². The van der Waals surface area contributed by atoms with E-state index in [2.05, 4.69) is 211 Å². The third-order valence-corrected chi connectivity index (χ3v) is 14.8. The fourth-order valence-corrected chi connectivity index (χ4v) is 11.7. The van der Waals surface area contributed by atoms with E-state index in [9.17, 15) is 0 Å². The third kappa shape index (κ3) is 5.59. The zero-order valence-corrected chi connectivity index (χ0v) is 36.3. The Morgan fingerprint density at radius 2 is 1.22 bits per heavy atom. The van der Waals surface area contributed by atoms with Crippen molar-refractivity contribution < 1.29 is 4.42 Å². The quantitative estimate of drug-likeness (QED) is 0.167. The molecule has 1 fully saturated rings. The van der Waals surface area contributed by atoms with Crippen LogP contribution in [0.5, 0.6) is 0 Å². The van der Waals surface area contributed by atoms with Crippen molar-refractivity contribution in [2.24, 2.45) is 0 Å². The largest absolute Gasteiger partial charge is 0.454 e. The van der Waals surface area contributed by atoms with Crippen LogP contribution in [0.4, 0.5) is 17.1 Å². The van der Waals surface area contributed by atoms with E-state index >= 15 is 0 Å². The summed E-state index contributed by atoms with van der Waals surface area (Å²) in [7, 11) is 0. The van der Waals surface area contributed by atoms with E-state index in [1.54, 1.807) is 0 Å². The number of fused-ring (bicyclic) bond motifs is 10. The van der Waals surface area contributed by atoms with Crippen molar-refractivity contribution >= 4 is 71.6 Å². The molecule has 9 aromatic carbocycles. The van der Waals surface area contributed by atoms with Gasteiger partial charge < -0.3 is 13.9 Å². The van der Waals surface area contributed by atoms with Crippen molar-refractivity contribution in [2.75, 3.05) is 4.90 Å². The second-order valence-electron chi connectivity index (χ2n) is 18.7. The van der Waals surface area contributed by atoms with Crippen molar-refractivity contribution in [3.63, 3.8) is 0 Å². The van der Waals surface area contributed by atoms with Gasteiger partial charge >= 0.3 is 0 Å². The Kier molecular flexibility index (Phi) is 8.34. The predicted octanol–water partition coefficient (Wildman–Crippen LogP) is 17.3. The number of rotatable bonds is 6. The van der Waals surface area contributed by atoms with Gasteiger partial charge in [0.1, 0.15) is 5.58 Å². The number of para-hydroxylation sites is 3. The normalized spacial score (nSPS) is 14.8. The molecular weight excluding hydrogens is 777 g/mol. The summed E-state index contributed by atoms with van der Waals surface area (Å²) in [6.07, 6.45) is 6.30. The summed E-state index contributed by atoms with van der Waals surface area (Å²) in [5.41, 5.74) is 17.6. The summed E-state index contributed by atoms with van der Waals surface area (Å²) >= 11 is 0. The van der Waals surface area contributed by atoms with Crippen LogP contribution in [0, 0.1) is 0 Å². The van der Waals surface area contributed by atoms with Crippen LogP contribution in [0.3, 0.4) is 0 Å². The minimum atomic E-state index is -0.107. The van der Waals surface area contributed by atoms with Crippen LogP contribution in [0.2, 0.25) is 0 Å². The lowest BCUT2D eigenvalue weighted by atomic mass is 9.82. The Morgan fingerprint density at radius 3 is 2.08 bits per heavy atom. The molecule has 0 unspecified atom stereocenters. The molecule has 0 spiro atoms. The smallest absolute Gasteiger partial charge is 0.159 e. The molecule has 0 radical (unpaired) electrons. The molecule has 308 valence electrons. The Bertz CT molecular complexity index is 3640. The molecular formula is C61H48N2O. The highest BCUT2D eigenvalue weighted by Gasteiger charge is 2.36. The standard InChI is InChI=1S/C61H48N2O/c1-61(2)52-26-14-11-23-46(52)51-38-44(30-33-53(51)61)63(55-34-32-45(39-17-5-3-6-18-39)59-49-25-13-16-28-58(49)64-60(55)59)57-36-41-20-10-9-19-40(41)35-50(57)42-29-31-48-47-24-12-15-27-54(47)62(56(48)37-42)43-21-7-4-8-22-43/h4,7-16,19-39H,3,5-6,17-18H2,1-2H3. The first-order valence-electron chi connectivity index (χ1n) is 23.1. The highest BCUT2D eigenvalue weighted by atomic mass is 16.3. The molecule has 0 bridgehead atoms. The van der Waals surface area contributed by atoms with Crippen LogP contribution >= 0.6 is 0 Å². The molecule has 0 amide bonds. The lowest BCUT2D eigenvalue weighted by Crippen LogP contribution is -2.16. The van der Waals surface area contributed by atoms with Crippen LogP contribution in [0.25, 0.3) is 82.5 Å². The summed E-state index contributed by atoms with van der Waals surface area (Å²) in [6, 6.07) is 69.9. The Labute approximate surface area is 373 Å². The maximum Gasteiger partial charge on any atom is 0.159 e. The van der Waals surface area contributed by atoms with Crippen molar-refractivity contribution in [3.8, 4) is 27.9 Å². The summed E-state index contributed by atoms with van der Waals surface area (Å²) in [5.74, 6) is 0.512. The first-order valence-corrected chi connectivity index (χ1v) is 23.1. The first-order chi connectivity index (χ1) is 31.5. The average Bonchev–Trinajstić information content (AvgIpc) is 3.98. The van der Waals surface area contributed by atoms with E-state index in [1.165, 1.54) is 103 Å².